The monoisotopic (exact) mass is 518 g/mol. The summed E-state index contributed by atoms with van der Waals surface area (Å²) in [5, 5.41) is 0. The summed E-state index contributed by atoms with van der Waals surface area (Å²) in [4.78, 5) is 11.8. The number of nitrogens with zero attached hydrogens (tertiary/aromatic N) is 1. The number of rotatable bonds is 10. The van der Waals surface area contributed by atoms with Crippen molar-refractivity contribution in [3.63, 3.8) is 0 Å². The van der Waals surface area contributed by atoms with Gasteiger partial charge in [-0.2, -0.15) is 4.31 Å². The maximum atomic E-state index is 14.3. The summed E-state index contributed by atoms with van der Waals surface area (Å²) in [6.07, 6.45) is 6.30. The molecule has 0 unspecified atom stereocenters. The zero-order valence-corrected chi connectivity index (χ0v) is 22.1. The molecule has 0 saturated heterocycles. The van der Waals surface area contributed by atoms with E-state index in [1.54, 1.807) is 47.6 Å². The van der Waals surface area contributed by atoms with Crippen LogP contribution in [0.5, 0.6) is 0 Å². The number of allylic oxidation sites excluding steroid dienone is 2. The van der Waals surface area contributed by atoms with Crippen LogP contribution >= 0.6 is 0 Å². The normalized spacial score (nSPS) is 15.9. The van der Waals surface area contributed by atoms with Crippen LogP contribution in [0, 0.1) is 6.92 Å². The third kappa shape index (κ3) is 6.87. The summed E-state index contributed by atoms with van der Waals surface area (Å²) in [5.41, 5.74) is 8.06. The molecule has 1 aliphatic rings. The molecule has 5 nitrogen and oxygen atoms in total. The number of benzene rings is 2. The molecule has 3 rings (SSSR count). The van der Waals surface area contributed by atoms with Gasteiger partial charge in [-0.1, -0.05) is 49.6 Å². The van der Waals surface area contributed by atoms with Crippen LogP contribution in [0.4, 0.5) is 8.78 Å². The van der Waals surface area contributed by atoms with Gasteiger partial charge in [0.25, 0.3) is 5.92 Å². The fraction of sp³-hybridized carbons (Fsp3) is 0.464. The molecule has 0 atom stereocenters. The van der Waals surface area contributed by atoms with Gasteiger partial charge in [0.1, 0.15) is 0 Å². The smallest absolute Gasteiger partial charge is 0.271 e. The van der Waals surface area contributed by atoms with E-state index in [0.29, 0.717) is 24.1 Å². The second-order valence-electron chi connectivity index (χ2n) is 9.72. The lowest BCUT2D eigenvalue weighted by Crippen LogP contribution is -2.44. The van der Waals surface area contributed by atoms with E-state index in [1.807, 2.05) is 6.07 Å². The molecule has 1 fully saturated rings. The highest BCUT2D eigenvalue weighted by atomic mass is 32.2. The third-order valence-electron chi connectivity index (χ3n) is 6.68. The van der Waals surface area contributed by atoms with Crippen LogP contribution in [0.2, 0.25) is 0 Å². The highest BCUT2D eigenvalue weighted by molar-refractivity contribution is 7.89. The Kier molecular flexibility index (Phi) is 9.19. The van der Waals surface area contributed by atoms with Gasteiger partial charge in [0, 0.05) is 31.6 Å². The summed E-state index contributed by atoms with van der Waals surface area (Å²) in [7, 11) is -3.67. The largest absolute Gasteiger partial charge is 0.329 e. The van der Waals surface area contributed by atoms with Crippen LogP contribution < -0.4 is 5.73 Å². The Morgan fingerprint density at radius 3 is 2.25 bits per heavy atom. The van der Waals surface area contributed by atoms with E-state index in [2.05, 4.69) is 0 Å². The van der Waals surface area contributed by atoms with Crippen molar-refractivity contribution in [3.05, 3.63) is 70.8 Å². The molecule has 1 saturated carbocycles. The van der Waals surface area contributed by atoms with E-state index in [1.165, 1.54) is 6.92 Å². The molecule has 0 heterocycles. The topological polar surface area (TPSA) is 80.5 Å². The maximum absolute atomic E-state index is 14.3. The van der Waals surface area contributed by atoms with Gasteiger partial charge < -0.3 is 5.73 Å². The first-order valence-electron chi connectivity index (χ1n) is 12.4. The number of halogens is 2. The molecule has 1 aliphatic carbocycles. The molecule has 196 valence electrons. The number of hydrogen-bond acceptors (Lipinski definition) is 4. The Labute approximate surface area is 213 Å². The average molecular weight is 519 g/mol. The van der Waals surface area contributed by atoms with Crippen molar-refractivity contribution in [3.8, 4) is 0 Å². The molecular formula is C28H36F2N2O3S. The molecule has 0 aliphatic heterocycles. The lowest BCUT2D eigenvalue weighted by Gasteiger charge is -2.33. The summed E-state index contributed by atoms with van der Waals surface area (Å²) < 4.78 is 56.9. The maximum Gasteiger partial charge on any atom is 0.271 e. The minimum atomic E-state index is -3.67. The number of hydrogen-bond donors (Lipinski definition) is 1. The lowest BCUT2D eigenvalue weighted by atomic mass is 9.92. The fourth-order valence-electron chi connectivity index (χ4n) is 4.86. The van der Waals surface area contributed by atoms with Crippen molar-refractivity contribution in [2.75, 3.05) is 13.1 Å². The molecule has 2 N–H and O–H groups in total. The van der Waals surface area contributed by atoms with E-state index < -0.39 is 21.7 Å². The van der Waals surface area contributed by atoms with E-state index in [4.69, 9.17) is 5.73 Å². The Morgan fingerprint density at radius 1 is 1.08 bits per heavy atom. The first kappa shape index (κ1) is 28.2. The Balaban J connectivity index is 1.86. The highest BCUT2D eigenvalue weighted by Gasteiger charge is 2.32. The van der Waals surface area contributed by atoms with Gasteiger partial charge in [0.05, 0.1) is 4.90 Å². The van der Waals surface area contributed by atoms with Crippen molar-refractivity contribution in [2.45, 2.75) is 76.2 Å². The third-order valence-corrected chi connectivity index (χ3v) is 8.65. The Morgan fingerprint density at radius 2 is 1.69 bits per heavy atom. The van der Waals surface area contributed by atoms with Crippen LogP contribution in [-0.4, -0.2) is 43.6 Å². The molecule has 36 heavy (non-hydrogen) atoms. The number of alkyl halides is 2. The molecule has 0 spiro atoms. The van der Waals surface area contributed by atoms with Gasteiger partial charge in [-0.05, 0) is 73.6 Å². The predicted octanol–water partition coefficient (Wildman–Crippen LogP) is 5.50. The van der Waals surface area contributed by atoms with Gasteiger partial charge in [0.2, 0.25) is 10.0 Å². The van der Waals surface area contributed by atoms with Crippen LogP contribution in [-0.2, 0) is 21.2 Å². The predicted molar refractivity (Wildman–Crippen MR) is 140 cm³/mol. The number of aryl methyl sites for hydroxylation is 1. The van der Waals surface area contributed by atoms with Gasteiger partial charge in [-0.15, -0.1) is 0 Å². The van der Waals surface area contributed by atoms with Crippen molar-refractivity contribution in [2.24, 2.45) is 5.73 Å². The number of nitrogens with two attached hydrogens (primary N) is 1. The molecule has 0 radical (unpaired) electrons. The van der Waals surface area contributed by atoms with Crippen molar-refractivity contribution in [1.82, 2.24) is 4.31 Å². The number of carbonyl (C=O) groups is 1. The Bertz CT molecular complexity index is 1200. The number of ketones is 1. The zero-order chi connectivity index (χ0) is 26.5. The van der Waals surface area contributed by atoms with E-state index in [9.17, 15) is 22.0 Å². The number of sulfonamides is 1. The molecule has 0 amide bonds. The second-order valence-corrected chi connectivity index (χ2v) is 11.6. The van der Waals surface area contributed by atoms with E-state index in [-0.39, 0.29) is 23.1 Å². The first-order chi connectivity index (χ1) is 16.9. The van der Waals surface area contributed by atoms with Crippen LogP contribution in [0.1, 0.15) is 68.2 Å². The minimum Gasteiger partial charge on any atom is -0.329 e. The van der Waals surface area contributed by atoms with E-state index in [0.717, 1.165) is 56.2 Å². The van der Waals surface area contributed by atoms with Crippen molar-refractivity contribution in [1.29, 1.82) is 0 Å². The SMILES string of the molecule is CC(=O)/C=C(\c1cc(Cc2ccc(S(=O)(=O)N(CCN)C3CCCCC3)cc2)ccc1C)C(C)(F)F. The van der Waals surface area contributed by atoms with Gasteiger partial charge in [0.15, 0.2) is 5.78 Å². The lowest BCUT2D eigenvalue weighted by molar-refractivity contribution is -0.112. The van der Waals surface area contributed by atoms with E-state index >= 15 is 0 Å². The quantitative estimate of drug-likeness (QED) is 0.422. The summed E-state index contributed by atoms with van der Waals surface area (Å²) in [6.45, 7) is 4.33. The molecule has 0 aromatic heterocycles. The molecule has 2 aromatic rings. The standard InChI is InChI=1S/C28H36F2N2O3S/c1-20-9-10-23(19-26(20)27(17-21(2)33)28(3,29)30)18-22-11-13-25(14-12-22)36(34,35)32(16-15-31)24-7-5-4-6-8-24/h9-14,17,19,24H,4-8,15-16,18,31H2,1-3H3/b27-17+. The minimum absolute atomic E-state index is 0.0214. The molecule has 2 aromatic carbocycles. The van der Waals surface area contributed by atoms with Gasteiger partial charge in [-0.25, -0.2) is 17.2 Å². The van der Waals surface area contributed by atoms with Crippen LogP contribution in [0.15, 0.2) is 53.4 Å². The summed E-state index contributed by atoms with van der Waals surface area (Å²) in [5.74, 6) is -3.61. The molecule has 0 bridgehead atoms. The Hall–Kier alpha value is -2.42. The average Bonchev–Trinajstić information content (AvgIpc) is 2.82. The molecular weight excluding hydrogens is 482 g/mol. The van der Waals surface area contributed by atoms with Gasteiger partial charge >= 0.3 is 0 Å². The summed E-state index contributed by atoms with van der Waals surface area (Å²) in [6, 6.07) is 12.0. The summed E-state index contributed by atoms with van der Waals surface area (Å²) >= 11 is 0. The number of carbonyl (C=O) groups excluding carboxylic acids is 1. The molecule has 8 heteroatoms. The van der Waals surface area contributed by atoms with Crippen LogP contribution in [0.3, 0.4) is 0 Å². The second kappa shape index (κ2) is 11.8. The van der Waals surface area contributed by atoms with Gasteiger partial charge in [-0.3, -0.25) is 4.79 Å². The fourth-order valence-corrected chi connectivity index (χ4v) is 6.56. The van der Waals surface area contributed by atoms with Crippen LogP contribution in [0.25, 0.3) is 5.57 Å². The zero-order valence-electron chi connectivity index (χ0n) is 21.3. The first-order valence-corrected chi connectivity index (χ1v) is 13.9. The van der Waals surface area contributed by atoms with Crippen molar-refractivity contribution < 1.29 is 22.0 Å². The van der Waals surface area contributed by atoms with Crippen molar-refractivity contribution >= 4 is 21.4 Å². The highest BCUT2D eigenvalue weighted by Crippen LogP contribution is 2.35.